The number of amides is 3. The van der Waals surface area contributed by atoms with Gasteiger partial charge in [0.1, 0.15) is 0 Å². The van der Waals surface area contributed by atoms with E-state index in [1.165, 1.54) is 30.7 Å². The number of ether oxygens (including phenoxy) is 1. The highest BCUT2D eigenvalue weighted by Gasteiger charge is 2.30. The van der Waals surface area contributed by atoms with Gasteiger partial charge in [-0.15, -0.1) is 0 Å². The Bertz CT molecular complexity index is 704. The lowest BCUT2D eigenvalue weighted by Gasteiger charge is -2.24. The van der Waals surface area contributed by atoms with Crippen molar-refractivity contribution in [2.75, 3.05) is 24.6 Å². The largest absolute Gasteiger partial charge is 0.452 e. The molecule has 0 radical (unpaired) electrons. The number of hydrogen-bond acceptors (Lipinski definition) is 5. The van der Waals surface area contributed by atoms with Crippen LogP contribution in [-0.4, -0.2) is 48.3 Å². The van der Waals surface area contributed by atoms with Crippen LogP contribution in [0, 0.1) is 0 Å². The van der Waals surface area contributed by atoms with Crippen molar-refractivity contribution < 1.29 is 23.9 Å². The predicted octanol–water partition coefficient (Wildman–Crippen LogP) is 2.29. The predicted molar refractivity (Wildman–Crippen MR) is 98.1 cm³/mol. The molecule has 0 aliphatic carbocycles. The van der Waals surface area contributed by atoms with Crippen molar-refractivity contribution in [3.05, 3.63) is 29.8 Å². The number of carbonyl (C=O) groups is 4. The van der Waals surface area contributed by atoms with Crippen LogP contribution < -0.4 is 4.90 Å². The summed E-state index contributed by atoms with van der Waals surface area (Å²) in [4.78, 5) is 50.8. The van der Waals surface area contributed by atoms with Gasteiger partial charge in [-0.05, 0) is 37.1 Å². The monoisotopic (exact) mass is 372 g/mol. The summed E-state index contributed by atoms with van der Waals surface area (Å²) in [6, 6.07) is 6.07. The van der Waals surface area contributed by atoms with Crippen molar-refractivity contribution in [2.45, 2.75) is 44.9 Å². The molecule has 27 heavy (non-hydrogen) atoms. The van der Waals surface area contributed by atoms with E-state index < -0.39 is 5.97 Å². The third-order valence-corrected chi connectivity index (χ3v) is 4.95. The maximum atomic E-state index is 12.3. The van der Waals surface area contributed by atoms with Gasteiger partial charge in [0, 0.05) is 25.9 Å². The molecule has 2 aliphatic heterocycles. The minimum Gasteiger partial charge on any atom is -0.452 e. The topological polar surface area (TPSA) is 84.0 Å². The molecule has 2 saturated heterocycles. The first-order valence-electron chi connectivity index (χ1n) is 9.47. The van der Waals surface area contributed by atoms with E-state index in [-0.39, 0.29) is 42.7 Å². The molecule has 0 spiro atoms. The van der Waals surface area contributed by atoms with Crippen LogP contribution in [0.3, 0.4) is 0 Å². The van der Waals surface area contributed by atoms with E-state index in [0.717, 1.165) is 30.6 Å². The fraction of sp³-hybridized carbons (Fsp3) is 0.500. The molecule has 1 aromatic carbocycles. The Balaban J connectivity index is 1.54. The van der Waals surface area contributed by atoms with E-state index in [2.05, 4.69) is 0 Å². The molecule has 0 atom stereocenters. The standard InChI is InChI=1S/C20H24N2O5/c23-17-10-11-18(24)22(17)16-8-6-15(7-9-16)20(26)27-14-19(25)21-12-4-2-1-3-5-13-21/h6-9H,1-5,10-14H2. The maximum absolute atomic E-state index is 12.3. The molecule has 144 valence electrons. The number of anilines is 1. The Morgan fingerprint density at radius 3 is 2.00 bits per heavy atom. The van der Waals surface area contributed by atoms with Crippen LogP contribution in [0.5, 0.6) is 0 Å². The molecule has 2 fully saturated rings. The van der Waals surface area contributed by atoms with E-state index in [4.69, 9.17) is 4.74 Å². The summed E-state index contributed by atoms with van der Waals surface area (Å²) in [6.45, 7) is 1.15. The minimum atomic E-state index is -0.596. The summed E-state index contributed by atoms with van der Waals surface area (Å²) < 4.78 is 5.15. The maximum Gasteiger partial charge on any atom is 0.338 e. The van der Waals surface area contributed by atoms with E-state index in [0.29, 0.717) is 18.8 Å². The summed E-state index contributed by atoms with van der Waals surface area (Å²) >= 11 is 0. The summed E-state index contributed by atoms with van der Waals surface area (Å²) in [5, 5.41) is 0. The molecule has 7 heteroatoms. The van der Waals surface area contributed by atoms with Crippen molar-refractivity contribution in [1.82, 2.24) is 4.90 Å². The van der Waals surface area contributed by atoms with Crippen LogP contribution in [0.2, 0.25) is 0 Å². The van der Waals surface area contributed by atoms with E-state index >= 15 is 0 Å². The second-order valence-electron chi connectivity index (χ2n) is 6.89. The van der Waals surface area contributed by atoms with Crippen molar-refractivity contribution >= 4 is 29.4 Å². The highest BCUT2D eigenvalue weighted by atomic mass is 16.5. The van der Waals surface area contributed by atoms with Gasteiger partial charge in [-0.2, -0.15) is 0 Å². The quantitative estimate of drug-likeness (QED) is 0.598. The number of carbonyl (C=O) groups excluding carboxylic acids is 4. The van der Waals surface area contributed by atoms with E-state index in [1.807, 2.05) is 0 Å². The molecule has 2 heterocycles. The number of nitrogens with zero attached hydrogens (tertiary/aromatic N) is 2. The molecule has 3 rings (SSSR count). The lowest BCUT2D eigenvalue weighted by atomic mass is 10.1. The number of esters is 1. The number of hydrogen-bond donors (Lipinski definition) is 0. The first kappa shape index (κ1) is 19.1. The number of rotatable bonds is 4. The Morgan fingerprint density at radius 1 is 0.852 bits per heavy atom. The Hall–Kier alpha value is -2.70. The fourth-order valence-electron chi connectivity index (χ4n) is 3.41. The summed E-state index contributed by atoms with van der Waals surface area (Å²) in [5.41, 5.74) is 0.717. The van der Waals surface area contributed by atoms with Crippen LogP contribution in [0.1, 0.15) is 55.3 Å². The fourth-order valence-corrected chi connectivity index (χ4v) is 3.41. The number of likely N-dealkylation sites (tertiary alicyclic amines) is 1. The van der Waals surface area contributed by atoms with Crippen molar-refractivity contribution in [3.8, 4) is 0 Å². The average molecular weight is 372 g/mol. The molecule has 3 amide bonds. The molecule has 0 bridgehead atoms. The van der Waals surface area contributed by atoms with E-state index in [1.54, 1.807) is 4.90 Å². The molecule has 1 aromatic rings. The van der Waals surface area contributed by atoms with Crippen LogP contribution in [0.25, 0.3) is 0 Å². The van der Waals surface area contributed by atoms with Crippen molar-refractivity contribution in [1.29, 1.82) is 0 Å². The molecule has 0 unspecified atom stereocenters. The lowest BCUT2D eigenvalue weighted by Crippen LogP contribution is -2.36. The summed E-state index contributed by atoms with van der Waals surface area (Å²) in [5.74, 6) is -1.25. The number of benzene rings is 1. The SMILES string of the molecule is O=C(OCC(=O)N1CCCCCCC1)c1ccc(N2C(=O)CCC2=O)cc1. The van der Waals surface area contributed by atoms with Crippen LogP contribution in [-0.2, 0) is 19.1 Å². The van der Waals surface area contributed by atoms with Gasteiger partial charge in [0.25, 0.3) is 5.91 Å². The second kappa shape index (κ2) is 8.79. The molecule has 7 nitrogen and oxygen atoms in total. The van der Waals surface area contributed by atoms with Crippen LogP contribution in [0.15, 0.2) is 24.3 Å². The second-order valence-corrected chi connectivity index (χ2v) is 6.89. The molecule has 0 aromatic heterocycles. The first-order chi connectivity index (χ1) is 13.1. The Labute approximate surface area is 158 Å². The van der Waals surface area contributed by atoms with Crippen molar-refractivity contribution in [2.24, 2.45) is 0 Å². The highest BCUT2D eigenvalue weighted by molar-refractivity contribution is 6.19. The van der Waals surface area contributed by atoms with Gasteiger partial charge in [-0.25, -0.2) is 4.79 Å². The molecular formula is C20H24N2O5. The van der Waals surface area contributed by atoms with Gasteiger partial charge in [-0.1, -0.05) is 19.3 Å². The van der Waals surface area contributed by atoms with Gasteiger partial charge in [0.15, 0.2) is 6.61 Å². The van der Waals surface area contributed by atoms with Crippen molar-refractivity contribution in [3.63, 3.8) is 0 Å². The van der Waals surface area contributed by atoms with Gasteiger partial charge in [-0.3, -0.25) is 19.3 Å². The van der Waals surface area contributed by atoms with Crippen LogP contribution in [0.4, 0.5) is 5.69 Å². The average Bonchev–Trinajstić information content (AvgIpc) is 2.98. The molecular weight excluding hydrogens is 348 g/mol. The zero-order valence-electron chi connectivity index (χ0n) is 15.3. The third-order valence-electron chi connectivity index (χ3n) is 4.95. The number of imide groups is 1. The Morgan fingerprint density at radius 2 is 1.41 bits per heavy atom. The Kier molecular flexibility index (Phi) is 6.21. The lowest BCUT2D eigenvalue weighted by molar-refractivity contribution is -0.135. The molecule has 0 saturated carbocycles. The highest BCUT2D eigenvalue weighted by Crippen LogP contribution is 2.23. The van der Waals surface area contributed by atoms with Gasteiger partial charge < -0.3 is 9.64 Å². The zero-order chi connectivity index (χ0) is 19.2. The molecule has 0 N–H and O–H groups in total. The third kappa shape index (κ3) is 4.72. The normalized spacial score (nSPS) is 18.2. The summed E-state index contributed by atoms with van der Waals surface area (Å²) in [7, 11) is 0. The van der Waals surface area contributed by atoms with E-state index in [9.17, 15) is 19.2 Å². The first-order valence-corrected chi connectivity index (χ1v) is 9.47. The van der Waals surface area contributed by atoms with Gasteiger partial charge in [0.2, 0.25) is 11.8 Å². The molecule has 2 aliphatic rings. The smallest absolute Gasteiger partial charge is 0.338 e. The van der Waals surface area contributed by atoms with Gasteiger partial charge in [0.05, 0.1) is 11.3 Å². The summed E-state index contributed by atoms with van der Waals surface area (Å²) in [6.07, 6.45) is 5.84. The van der Waals surface area contributed by atoms with Crippen LogP contribution >= 0.6 is 0 Å². The van der Waals surface area contributed by atoms with Gasteiger partial charge >= 0.3 is 5.97 Å². The zero-order valence-corrected chi connectivity index (χ0v) is 15.3. The minimum absolute atomic E-state index is 0.171.